The molecule has 1 heterocycles. The number of hydrogen-bond acceptors (Lipinski definition) is 2. The zero-order valence-electron chi connectivity index (χ0n) is 6.22. The van der Waals surface area contributed by atoms with Crippen LogP contribution in [0.3, 0.4) is 0 Å². The van der Waals surface area contributed by atoms with Crippen LogP contribution in [0, 0.1) is 5.41 Å². The zero-order chi connectivity index (χ0) is 6.91. The molecule has 2 heteroatoms. The number of nitrogens with zero attached hydrogens (tertiary/aromatic N) is 1. The Hall–Kier alpha value is 0.0200. The molecule has 1 rings (SSSR count). The van der Waals surface area contributed by atoms with Crippen molar-refractivity contribution in [2.75, 3.05) is 6.54 Å². The second-order valence-electron chi connectivity index (χ2n) is 3.46. The van der Waals surface area contributed by atoms with Gasteiger partial charge < -0.3 is 0 Å². The van der Waals surface area contributed by atoms with Crippen molar-refractivity contribution in [3.05, 3.63) is 0 Å². The van der Waals surface area contributed by atoms with Crippen molar-refractivity contribution < 1.29 is 0 Å². The number of thioether (sulfide) groups is 1. The van der Waals surface area contributed by atoms with E-state index in [1.807, 2.05) is 17.3 Å². The van der Waals surface area contributed by atoms with Crippen molar-refractivity contribution in [2.24, 2.45) is 10.4 Å². The lowest BCUT2D eigenvalue weighted by Crippen LogP contribution is -2.23. The summed E-state index contributed by atoms with van der Waals surface area (Å²) in [7, 11) is 0. The third-order valence-corrected chi connectivity index (χ3v) is 2.99. The third kappa shape index (κ3) is 1.71. The molecule has 0 aromatic rings. The van der Waals surface area contributed by atoms with Crippen molar-refractivity contribution in [1.82, 2.24) is 0 Å². The Kier molecular flexibility index (Phi) is 1.85. The molecule has 1 atom stereocenters. The van der Waals surface area contributed by atoms with Gasteiger partial charge in [0.2, 0.25) is 0 Å². The molecular formula is C7H13NS. The second-order valence-corrected chi connectivity index (χ2v) is 4.51. The van der Waals surface area contributed by atoms with E-state index in [0.29, 0.717) is 10.7 Å². The molecule has 0 bridgehead atoms. The average molecular weight is 143 g/mol. The van der Waals surface area contributed by atoms with Gasteiger partial charge in [0.15, 0.2) is 0 Å². The van der Waals surface area contributed by atoms with Crippen LogP contribution >= 0.6 is 11.8 Å². The molecule has 0 aliphatic carbocycles. The van der Waals surface area contributed by atoms with Gasteiger partial charge in [-0.15, -0.1) is 11.8 Å². The number of rotatable bonds is 0. The van der Waals surface area contributed by atoms with Crippen LogP contribution in [0.15, 0.2) is 4.99 Å². The monoisotopic (exact) mass is 143 g/mol. The molecule has 9 heavy (non-hydrogen) atoms. The van der Waals surface area contributed by atoms with E-state index in [1.54, 1.807) is 0 Å². The molecule has 0 amide bonds. The van der Waals surface area contributed by atoms with Crippen LogP contribution < -0.4 is 0 Å². The van der Waals surface area contributed by atoms with E-state index in [4.69, 9.17) is 0 Å². The predicted molar refractivity (Wildman–Crippen MR) is 44.2 cm³/mol. The third-order valence-electron chi connectivity index (χ3n) is 1.54. The normalized spacial score (nSPS) is 27.2. The van der Waals surface area contributed by atoms with Crippen LogP contribution in [0.25, 0.3) is 0 Å². The van der Waals surface area contributed by atoms with E-state index in [1.165, 1.54) is 0 Å². The summed E-state index contributed by atoms with van der Waals surface area (Å²) in [6, 6.07) is 0. The quantitative estimate of drug-likeness (QED) is 0.506. The Labute approximate surface area is 60.9 Å². The molecule has 0 aromatic carbocycles. The Bertz CT molecular complexity index is 115. The highest BCUT2D eigenvalue weighted by atomic mass is 32.2. The largest absolute Gasteiger partial charge is 0.285 e. The van der Waals surface area contributed by atoms with Gasteiger partial charge in [0.1, 0.15) is 0 Å². The molecular weight excluding hydrogens is 130 g/mol. The summed E-state index contributed by atoms with van der Waals surface area (Å²) in [5, 5.41) is 0.706. The molecule has 0 saturated carbocycles. The van der Waals surface area contributed by atoms with Crippen molar-refractivity contribution in [3.8, 4) is 0 Å². The minimum Gasteiger partial charge on any atom is -0.285 e. The van der Waals surface area contributed by atoms with Crippen molar-refractivity contribution >= 4 is 17.3 Å². The van der Waals surface area contributed by atoms with Crippen molar-refractivity contribution in [1.29, 1.82) is 0 Å². The molecule has 1 aliphatic rings. The maximum atomic E-state index is 4.17. The van der Waals surface area contributed by atoms with E-state index in [2.05, 4.69) is 25.8 Å². The molecule has 0 aromatic heterocycles. The summed E-state index contributed by atoms with van der Waals surface area (Å²) >= 11 is 1.86. The highest BCUT2D eigenvalue weighted by molar-refractivity contribution is 8.12. The average Bonchev–Trinajstić information content (AvgIpc) is 2.08. The van der Waals surface area contributed by atoms with Crippen LogP contribution in [0.5, 0.6) is 0 Å². The molecule has 1 nitrogen and oxygen atoms in total. The first-order valence-electron chi connectivity index (χ1n) is 3.24. The number of hydrogen-bond donors (Lipinski definition) is 0. The van der Waals surface area contributed by atoms with E-state index in [9.17, 15) is 0 Å². The summed E-state index contributed by atoms with van der Waals surface area (Å²) in [6.07, 6.45) is 0. The first-order valence-corrected chi connectivity index (χ1v) is 4.19. The molecule has 1 aliphatic heterocycles. The Morgan fingerprint density at radius 2 is 2.22 bits per heavy atom. The second kappa shape index (κ2) is 2.33. The molecule has 0 fully saturated rings. The predicted octanol–water partition coefficient (Wildman–Crippen LogP) is 2.18. The topological polar surface area (TPSA) is 12.4 Å². The zero-order valence-corrected chi connectivity index (χ0v) is 7.03. The maximum absolute atomic E-state index is 4.17. The first kappa shape index (κ1) is 7.13. The van der Waals surface area contributed by atoms with E-state index in [0.717, 1.165) is 6.54 Å². The SMILES string of the molecule is CC(C)(C)C1CN=CS1. The summed E-state index contributed by atoms with van der Waals surface area (Å²) < 4.78 is 0. The van der Waals surface area contributed by atoms with E-state index < -0.39 is 0 Å². The van der Waals surface area contributed by atoms with E-state index in [-0.39, 0.29) is 0 Å². The van der Waals surface area contributed by atoms with Gasteiger partial charge >= 0.3 is 0 Å². The summed E-state index contributed by atoms with van der Waals surface area (Å²) in [4.78, 5) is 4.17. The van der Waals surface area contributed by atoms with Gasteiger partial charge in [-0.3, -0.25) is 4.99 Å². The molecule has 52 valence electrons. The fraction of sp³-hybridized carbons (Fsp3) is 0.857. The first-order chi connectivity index (χ1) is 4.11. The minimum absolute atomic E-state index is 0.418. The molecule has 0 N–H and O–H groups in total. The van der Waals surface area contributed by atoms with Crippen LogP contribution in [-0.4, -0.2) is 17.3 Å². The van der Waals surface area contributed by atoms with Crippen LogP contribution in [0.1, 0.15) is 20.8 Å². The Morgan fingerprint density at radius 3 is 2.44 bits per heavy atom. The summed E-state index contributed by atoms with van der Waals surface area (Å²) in [5.74, 6) is 0. The standard InChI is InChI=1S/C7H13NS/c1-7(2,3)6-4-8-5-9-6/h5-6H,4H2,1-3H3. The van der Waals surface area contributed by atoms with Crippen LogP contribution in [-0.2, 0) is 0 Å². The van der Waals surface area contributed by atoms with Gasteiger partial charge in [-0.05, 0) is 5.41 Å². The lowest BCUT2D eigenvalue weighted by molar-refractivity contribution is 0.402. The molecule has 1 unspecified atom stereocenters. The molecule has 0 radical (unpaired) electrons. The Morgan fingerprint density at radius 1 is 1.56 bits per heavy atom. The highest BCUT2D eigenvalue weighted by Gasteiger charge is 2.26. The Balaban J connectivity index is 2.46. The smallest absolute Gasteiger partial charge is 0.0545 e. The minimum atomic E-state index is 0.418. The fourth-order valence-corrected chi connectivity index (χ4v) is 1.68. The van der Waals surface area contributed by atoms with Crippen molar-refractivity contribution in [2.45, 2.75) is 26.0 Å². The van der Waals surface area contributed by atoms with Gasteiger partial charge in [-0.25, -0.2) is 0 Å². The highest BCUT2D eigenvalue weighted by Crippen LogP contribution is 2.32. The van der Waals surface area contributed by atoms with E-state index >= 15 is 0 Å². The summed E-state index contributed by atoms with van der Waals surface area (Å²) in [5.41, 5.74) is 2.39. The van der Waals surface area contributed by atoms with Gasteiger partial charge in [0, 0.05) is 5.25 Å². The lowest BCUT2D eigenvalue weighted by atomic mass is 9.92. The lowest BCUT2D eigenvalue weighted by Gasteiger charge is -2.24. The van der Waals surface area contributed by atoms with Crippen LogP contribution in [0.4, 0.5) is 0 Å². The van der Waals surface area contributed by atoms with Gasteiger partial charge in [0.25, 0.3) is 0 Å². The fourth-order valence-electron chi connectivity index (χ4n) is 0.776. The molecule has 0 saturated heterocycles. The maximum Gasteiger partial charge on any atom is 0.0545 e. The summed E-state index contributed by atoms with van der Waals surface area (Å²) in [6.45, 7) is 7.80. The van der Waals surface area contributed by atoms with Gasteiger partial charge in [-0.1, -0.05) is 20.8 Å². The number of aliphatic imine (C=N–C) groups is 1. The van der Waals surface area contributed by atoms with Crippen LogP contribution in [0.2, 0.25) is 0 Å². The van der Waals surface area contributed by atoms with Crippen molar-refractivity contribution in [3.63, 3.8) is 0 Å². The molecule has 0 spiro atoms. The van der Waals surface area contributed by atoms with Gasteiger partial charge in [0.05, 0.1) is 12.1 Å². The van der Waals surface area contributed by atoms with Gasteiger partial charge in [-0.2, -0.15) is 0 Å².